The minimum Gasteiger partial charge on any atom is -0.288 e. The number of fused-ring (bicyclic) bond motifs is 1. The van der Waals surface area contributed by atoms with Gasteiger partial charge in [-0.3, -0.25) is 4.79 Å². The van der Waals surface area contributed by atoms with Crippen LogP contribution in [0.25, 0.3) is 10.8 Å². The van der Waals surface area contributed by atoms with Gasteiger partial charge in [0.1, 0.15) is 5.82 Å². The van der Waals surface area contributed by atoms with Crippen molar-refractivity contribution in [3.8, 4) is 0 Å². The lowest BCUT2D eigenvalue weighted by molar-refractivity contribution is 0.103. The van der Waals surface area contributed by atoms with Crippen molar-refractivity contribution in [2.24, 2.45) is 0 Å². The number of rotatable bonds is 2. The van der Waals surface area contributed by atoms with E-state index < -0.39 is 5.82 Å². The summed E-state index contributed by atoms with van der Waals surface area (Å²) in [5, 5.41) is 2.27. The highest BCUT2D eigenvalue weighted by Crippen LogP contribution is 2.21. The Morgan fingerprint density at radius 2 is 1.65 bits per heavy atom. The third kappa shape index (κ3) is 2.30. The summed E-state index contributed by atoms with van der Waals surface area (Å²) in [4.78, 5) is 12.3. The van der Waals surface area contributed by atoms with Crippen LogP contribution in [0.1, 0.15) is 15.9 Å². The molecule has 3 aromatic carbocycles. The third-order valence-corrected chi connectivity index (χ3v) is 3.42. The van der Waals surface area contributed by atoms with Gasteiger partial charge in [0.2, 0.25) is 0 Å². The lowest BCUT2D eigenvalue weighted by atomic mass is 10.00. The van der Waals surface area contributed by atoms with Crippen molar-refractivity contribution in [2.75, 3.05) is 0 Å². The van der Waals surface area contributed by atoms with Crippen molar-refractivity contribution in [1.82, 2.24) is 0 Å². The van der Waals surface area contributed by atoms with E-state index in [0.717, 1.165) is 16.8 Å². The Bertz CT molecular complexity index is 811. The van der Waals surface area contributed by atoms with E-state index in [1.807, 2.05) is 30.3 Å². The highest BCUT2D eigenvalue weighted by atomic mass is 35.5. The van der Waals surface area contributed by atoms with Crippen LogP contribution in [0.2, 0.25) is 5.02 Å². The van der Waals surface area contributed by atoms with Crippen LogP contribution in [0, 0.1) is 5.82 Å². The molecule has 3 rings (SSSR count). The Morgan fingerprint density at radius 1 is 0.900 bits per heavy atom. The van der Waals surface area contributed by atoms with E-state index in [4.69, 9.17) is 11.6 Å². The first-order valence-electron chi connectivity index (χ1n) is 6.14. The summed E-state index contributed by atoms with van der Waals surface area (Å²) in [5.41, 5.74) is 0.495. The normalized spacial score (nSPS) is 10.7. The number of ketones is 1. The molecule has 0 fully saturated rings. The second-order valence-corrected chi connectivity index (χ2v) is 4.95. The van der Waals surface area contributed by atoms with Crippen molar-refractivity contribution in [1.29, 1.82) is 0 Å². The number of benzene rings is 3. The Labute approximate surface area is 120 Å². The molecule has 0 heterocycles. The molecule has 0 aromatic heterocycles. The lowest BCUT2D eigenvalue weighted by Gasteiger charge is -2.05. The molecule has 3 heteroatoms. The molecule has 0 saturated heterocycles. The molecular formula is C17H10ClFO. The van der Waals surface area contributed by atoms with Crippen molar-refractivity contribution in [3.05, 3.63) is 82.6 Å². The number of hydrogen-bond donors (Lipinski definition) is 0. The summed E-state index contributed by atoms with van der Waals surface area (Å²) in [7, 11) is 0. The SMILES string of the molecule is O=C(c1ccc2ccccc2c1)c1ccc(Cl)cc1F. The van der Waals surface area contributed by atoms with E-state index in [9.17, 15) is 9.18 Å². The van der Waals surface area contributed by atoms with E-state index in [1.54, 1.807) is 12.1 Å². The maximum atomic E-state index is 13.8. The number of carbonyl (C=O) groups excluding carboxylic acids is 1. The molecule has 0 aliphatic carbocycles. The van der Waals surface area contributed by atoms with Gasteiger partial charge in [-0.05, 0) is 35.0 Å². The van der Waals surface area contributed by atoms with Gasteiger partial charge < -0.3 is 0 Å². The fourth-order valence-electron chi connectivity index (χ4n) is 2.16. The van der Waals surface area contributed by atoms with Gasteiger partial charge in [-0.1, -0.05) is 48.0 Å². The van der Waals surface area contributed by atoms with Gasteiger partial charge in [0, 0.05) is 10.6 Å². The van der Waals surface area contributed by atoms with Crippen LogP contribution in [-0.2, 0) is 0 Å². The van der Waals surface area contributed by atoms with E-state index in [1.165, 1.54) is 12.1 Å². The fourth-order valence-corrected chi connectivity index (χ4v) is 2.32. The van der Waals surface area contributed by atoms with Crippen molar-refractivity contribution >= 4 is 28.2 Å². The Balaban J connectivity index is 2.08. The zero-order valence-electron chi connectivity index (χ0n) is 10.4. The first-order chi connectivity index (χ1) is 9.65. The maximum Gasteiger partial charge on any atom is 0.195 e. The Morgan fingerprint density at radius 3 is 2.40 bits per heavy atom. The average Bonchev–Trinajstić information content (AvgIpc) is 2.46. The van der Waals surface area contributed by atoms with Crippen molar-refractivity contribution < 1.29 is 9.18 Å². The smallest absolute Gasteiger partial charge is 0.195 e. The number of halogens is 2. The molecule has 0 N–H and O–H groups in total. The fraction of sp³-hybridized carbons (Fsp3) is 0. The molecule has 0 radical (unpaired) electrons. The van der Waals surface area contributed by atoms with E-state index in [0.29, 0.717) is 5.56 Å². The minimum absolute atomic E-state index is 0.0321. The molecule has 0 aliphatic rings. The average molecular weight is 285 g/mol. The van der Waals surface area contributed by atoms with Gasteiger partial charge in [-0.25, -0.2) is 4.39 Å². The summed E-state index contributed by atoms with van der Waals surface area (Å²) >= 11 is 5.69. The van der Waals surface area contributed by atoms with Gasteiger partial charge in [-0.15, -0.1) is 0 Å². The molecule has 1 nitrogen and oxygen atoms in total. The highest BCUT2D eigenvalue weighted by Gasteiger charge is 2.14. The first-order valence-corrected chi connectivity index (χ1v) is 6.51. The Hall–Kier alpha value is -2.19. The van der Waals surface area contributed by atoms with Crippen LogP contribution in [0.5, 0.6) is 0 Å². The topological polar surface area (TPSA) is 17.1 Å². The molecule has 0 bridgehead atoms. The summed E-state index contributed by atoms with van der Waals surface area (Å²) < 4.78 is 13.8. The van der Waals surface area contributed by atoms with Gasteiger partial charge in [0.05, 0.1) is 5.56 Å². The predicted octanol–water partition coefficient (Wildman–Crippen LogP) is 4.86. The van der Waals surface area contributed by atoms with Crippen LogP contribution in [0.4, 0.5) is 4.39 Å². The number of hydrogen-bond acceptors (Lipinski definition) is 1. The lowest BCUT2D eigenvalue weighted by Crippen LogP contribution is -2.04. The maximum absolute atomic E-state index is 13.8. The zero-order chi connectivity index (χ0) is 14.1. The molecule has 20 heavy (non-hydrogen) atoms. The van der Waals surface area contributed by atoms with Crippen molar-refractivity contribution in [3.63, 3.8) is 0 Å². The van der Waals surface area contributed by atoms with Crippen LogP contribution in [0.15, 0.2) is 60.7 Å². The first kappa shape index (κ1) is 12.8. The molecule has 0 unspecified atom stereocenters. The van der Waals surface area contributed by atoms with Gasteiger partial charge in [-0.2, -0.15) is 0 Å². The zero-order valence-corrected chi connectivity index (χ0v) is 11.2. The van der Waals surface area contributed by atoms with Crippen molar-refractivity contribution in [2.45, 2.75) is 0 Å². The summed E-state index contributed by atoms with van der Waals surface area (Å²) in [6.45, 7) is 0. The summed E-state index contributed by atoms with van der Waals surface area (Å²) in [5.74, 6) is -0.944. The molecule has 0 atom stereocenters. The van der Waals surface area contributed by atoms with E-state index >= 15 is 0 Å². The van der Waals surface area contributed by atoms with Crippen LogP contribution < -0.4 is 0 Å². The summed E-state index contributed by atoms with van der Waals surface area (Å²) in [6.07, 6.45) is 0. The molecule has 0 aliphatic heterocycles. The van der Waals surface area contributed by atoms with Gasteiger partial charge in [0.15, 0.2) is 5.78 Å². The molecule has 0 amide bonds. The minimum atomic E-state index is -0.601. The van der Waals surface area contributed by atoms with Crippen LogP contribution in [-0.4, -0.2) is 5.78 Å². The monoisotopic (exact) mass is 284 g/mol. The van der Waals surface area contributed by atoms with E-state index in [-0.39, 0.29) is 16.4 Å². The summed E-state index contributed by atoms with van der Waals surface area (Å²) in [6, 6.07) is 17.1. The molecule has 0 saturated carbocycles. The van der Waals surface area contributed by atoms with E-state index in [2.05, 4.69) is 0 Å². The van der Waals surface area contributed by atoms with Gasteiger partial charge in [0.25, 0.3) is 0 Å². The second-order valence-electron chi connectivity index (χ2n) is 4.52. The molecule has 0 spiro atoms. The van der Waals surface area contributed by atoms with Gasteiger partial charge >= 0.3 is 0 Å². The quantitative estimate of drug-likeness (QED) is 0.614. The predicted molar refractivity (Wildman–Crippen MR) is 78.8 cm³/mol. The number of carbonyl (C=O) groups is 1. The third-order valence-electron chi connectivity index (χ3n) is 3.19. The molecule has 98 valence electrons. The Kier molecular flexibility index (Phi) is 3.25. The standard InChI is InChI=1S/C17H10ClFO/c18-14-7-8-15(16(19)10-14)17(20)13-6-5-11-3-1-2-4-12(11)9-13/h1-10H. The largest absolute Gasteiger partial charge is 0.288 e. The van der Waals surface area contributed by atoms with Crippen LogP contribution in [0.3, 0.4) is 0 Å². The molecular weight excluding hydrogens is 275 g/mol. The molecule has 3 aromatic rings. The highest BCUT2D eigenvalue weighted by molar-refractivity contribution is 6.30. The van der Waals surface area contributed by atoms with Crippen LogP contribution >= 0.6 is 11.6 Å². The second kappa shape index (κ2) is 5.06.